The van der Waals surface area contributed by atoms with Crippen molar-refractivity contribution in [2.75, 3.05) is 0 Å². The molecule has 1 saturated carbocycles. The molecule has 194 valence electrons. The zero-order valence-corrected chi connectivity index (χ0v) is 21.5. The van der Waals surface area contributed by atoms with E-state index in [0.717, 1.165) is 24.1 Å². The van der Waals surface area contributed by atoms with Crippen LogP contribution in [0.1, 0.15) is 50.6 Å². The predicted molar refractivity (Wildman–Crippen MR) is 147 cm³/mol. The van der Waals surface area contributed by atoms with Crippen LogP contribution in [0.5, 0.6) is 0 Å². The van der Waals surface area contributed by atoms with Gasteiger partial charge in [0.25, 0.3) is 11.8 Å². The number of nitrogens with one attached hydrogen (secondary N) is 1. The number of halogens is 2. The largest absolute Gasteiger partial charge is 0.460 e. The summed E-state index contributed by atoms with van der Waals surface area (Å²) in [6.07, 6.45) is 3.64. The monoisotopic (exact) mass is 539 g/mol. The zero-order valence-electron chi connectivity index (χ0n) is 20.7. The summed E-state index contributed by atoms with van der Waals surface area (Å²) in [6.45, 7) is 0. The van der Waals surface area contributed by atoms with E-state index < -0.39 is 11.4 Å². The molecule has 1 fully saturated rings. The van der Waals surface area contributed by atoms with Gasteiger partial charge >= 0.3 is 0 Å². The smallest absolute Gasteiger partial charge is 0.252 e. The fourth-order valence-electron chi connectivity index (χ4n) is 4.89. The van der Waals surface area contributed by atoms with E-state index in [4.69, 9.17) is 21.8 Å². The molecular weight excluding hydrogens is 517 g/mol. The van der Waals surface area contributed by atoms with Crippen LogP contribution in [0.15, 0.2) is 89.5 Å². The van der Waals surface area contributed by atoms with Gasteiger partial charge in [-0.05, 0) is 78.6 Å². The highest BCUT2D eigenvalue weighted by Crippen LogP contribution is 2.45. The van der Waals surface area contributed by atoms with Crippen molar-refractivity contribution < 1.29 is 18.4 Å². The lowest BCUT2D eigenvalue weighted by Gasteiger charge is -2.17. The van der Waals surface area contributed by atoms with Crippen molar-refractivity contribution in [1.82, 2.24) is 10.3 Å². The molecule has 5 aromatic rings. The van der Waals surface area contributed by atoms with E-state index in [0.29, 0.717) is 38.4 Å². The Kier molecular flexibility index (Phi) is 6.16. The molecule has 2 aromatic heterocycles. The molecule has 2 heterocycles. The van der Waals surface area contributed by atoms with E-state index >= 15 is 0 Å². The Morgan fingerprint density at radius 3 is 2.51 bits per heavy atom. The maximum Gasteiger partial charge on any atom is 0.252 e. The topological polar surface area (TPSA) is 98.2 Å². The Balaban J connectivity index is 1.34. The van der Waals surface area contributed by atoms with Crippen LogP contribution in [0.2, 0.25) is 5.02 Å². The van der Waals surface area contributed by atoms with Crippen molar-refractivity contribution in [3.63, 3.8) is 0 Å². The molecule has 0 bridgehead atoms. The minimum atomic E-state index is -0.633. The fourth-order valence-corrected chi connectivity index (χ4v) is 5.12. The van der Waals surface area contributed by atoms with Gasteiger partial charge in [0.05, 0.1) is 16.8 Å². The number of pyridine rings is 1. The number of nitrogens with two attached hydrogens (primary N) is 1. The summed E-state index contributed by atoms with van der Waals surface area (Å²) in [4.78, 5) is 30.1. The highest BCUT2D eigenvalue weighted by Gasteiger charge is 2.47. The molecular formula is C31H23ClFN3O3. The Morgan fingerprint density at radius 1 is 1.03 bits per heavy atom. The standard InChI is InChI=1S/C31H23ClFN3O3/c32-24-10-6-20(30(38)36-31(12-13-31)27-3-1-2-14-35-27)17-22(24)19-7-11-25-23(16-19)28(29(34)37)26(39-25)15-18-4-8-21(33)9-5-18/h1-11,14,16-17H,12-13,15H2,(H2,34,37)(H,36,38). The predicted octanol–water partition coefficient (Wildman–Crippen LogP) is 6.40. The first-order chi connectivity index (χ1) is 18.8. The highest BCUT2D eigenvalue weighted by molar-refractivity contribution is 6.33. The van der Waals surface area contributed by atoms with Gasteiger partial charge < -0.3 is 15.5 Å². The van der Waals surface area contributed by atoms with E-state index in [9.17, 15) is 14.0 Å². The molecule has 6 rings (SSSR count). The highest BCUT2D eigenvalue weighted by atomic mass is 35.5. The third kappa shape index (κ3) is 4.77. The van der Waals surface area contributed by atoms with Gasteiger partial charge in [-0.2, -0.15) is 0 Å². The molecule has 0 aliphatic heterocycles. The van der Waals surface area contributed by atoms with Crippen molar-refractivity contribution in [1.29, 1.82) is 0 Å². The first-order valence-corrected chi connectivity index (χ1v) is 12.8. The number of furan rings is 1. The third-order valence-electron chi connectivity index (χ3n) is 7.08. The summed E-state index contributed by atoms with van der Waals surface area (Å²) in [5, 5.41) is 4.13. The Bertz CT molecular complexity index is 1730. The second-order valence-electron chi connectivity index (χ2n) is 9.72. The van der Waals surface area contributed by atoms with Crippen molar-refractivity contribution in [3.8, 4) is 11.1 Å². The van der Waals surface area contributed by atoms with E-state index in [1.165, 1.54) is 12.1 Å². The minimum Gasteiger partial charge on any atom is -0.460 e. The van der Waals surface area contributed by atoms with E-state index in [-0.39, 0.29) is 23.7 Å². The van der Waals surface area contributed by atoms with Gasteiger partial charge in [0.15, 0.2) is 0 Å². The molecule has 0 saturated heterocycles. The number of rotatable bonds is 7. The van der Waals surface area contributed by atoms with E-state index in [1.807, 2.05) is 24.3 Å². The maximum atomic E-state index is 13.3. The zero-order chi connectivity index (χ0) is 27.1. The van der Waals surface area contributed by atoms with Crippen LogP contribution >= 0.6 is 11.6 Å². The number of amides is 2. The van der Waals surface area contributed by atoms with Gasteiger partial charge in [-0.15, -0.1) is 0 Å². The molecule has 0 spiro atoms. The first-order valence-electron chi connectivity index (χ1n) is 12.5. The molecule has 39 heavy (non-hydrogen) atoms. The number of nitrogens with zero attached hydrogens (tertiary/aromatic N) is 1. The van der Waals surface area contributed by atoms with Gasteiger partial charge in [-0.25, -0.2) is 4.39 Å². The molecule has 1 aliphatic carbocycles. The summed E-state index contributed by atoms with van der Waals surface area (Å²) >= 11 is 6.57. The first kappa shape index (κ1) is 24.8. The average Bonchev–Trinajstić information content (AvgIpc) is 3.62. The van der Waals surface area contributed by atoms with Crippen LogP contribution in [0.3, 0.4) is 0 Å². The van der Waals surface area contributed by atoms with Gasteiger partial charge in [0.1, 0.15) is 17.2 Å². The van der Waals surface area contributed by atoms with E-state index in [1.54, 1.807) is 48.7 Å². The number of hydrogen-bond donors (Lipinski definition) is 2. The summed E-state index contributed by atoms with van der Waals surface area (Å²) in [5.74, 6) is -0.809. The Hall–Kier alpha value is -4.49. The van der Waals surface area contributed by atoms with Crippen LogP contribution in [0.4, 0.5) is 4.39 Å². The lowest BCUT2D eigenvalue weighted by molar-refractivity contribution is 0.0928. The number of fused-ring (bicyclic) bond motifs is 1. The van der Waals surface area contributed by atoms with Crippen LogP contribution in [-0.2, 0) is 12.0 Å². The second-order valence-corrected chi connectivity index (χ2v) is 10.1. The lowest BCUT2D eigenvalue weighted by Crippen LogP contribution is -2.35. The summed E-state index contributed by atoms with van der Waals surface area (Å²) in [7, 11) is 0. The SMILES string of the molecule is NC(=O)c1c(Cc2ccc(F)cc2)oc2ccc(-c3cc(C(=O)NC4(c5ccccn5)CC4)ccc3Cl)cc12. The number of carbonyl (C=O) groups excluding carboxylic acids is 2. The van der Waals surface area contributed by atoms with Crippen molar-refractivity contribution in [2.24, 2.45) is 5.73 Å². The molecule has 3 aromatic carbocycles. The Morgan fingerprint density at radius 2 is 1.82 bits per heavy atom. The third-order valence-corrected chi connectivity index (χ3v) is 7.41. The molecule has 0 radical (unpaired) electrons. The van der Waals surface area contributed by atoms with Crippen molar-refractivity contribution in [3.05, 3.63) is 124 Å². The molecule has 1 aliphatic rings. The van der Waals surface area contributed by atoms with Crippen LogP contribution < -0.4 is 11.1 Å². The van der Waals surface area contributed by atoms with Crippen molar-refractivity contribution in [2.45, 2.75) is 24.8 Å². The minimum absolute atomic E-state index is 0.222. The summed E-state index contributed by atoms with van der Waals surface area (Å²) in [5.41, 5.74) is 9.45. The second kappa shape index (κ2) is 9.67. The molecule has 3 N–H and O–H groups in total. The Labute approximate surface area is 228 Å². The van der Waals surface area contributed by atoms with Gasteiger partial charge in [0, 0.05) is 34.2 Å². The molecule has 2 amide bonds. The summed E-state index contributed by atoms with van der Waals surface area (Å²) < 4.78 is 19.3. The van der Waals surface area contributed by atoms with Crippen LogP contribution in [0.25, 0.3) is 22.1 Å². The number of carbonyl (C=O) groups is 2. The summed E-state index contributed by atoms with van der Waals surface area (Å²) in [6, 6.07) is 22.1. The fraction of sp³-hybridized carbons (Fsp3) is 0.129. The van der Waals surface area contributed by atoms with Gasteiger partial charge in [-0.3, -0.25) is 14.6 Å². The van der Waals surface area contributed by atoms with Crippen LogP contribution in [0, 0.1) is 5.82 Å². The number of primary amides is 1. The van der Waals surface area contributed by atoms with Crippen LogP contribution in [-0.4, -0.2) is 16.8 Å². The molecule has 0 atom stereocenters. The average molecular weight is 540 g/mol. The van der Waals surface area contributed by atoms with Gasteiger partial charge in [0.2, 0.25) is 0 Å². The number of benzene rings is 3. The normalized spacial score (nSPS) is 13.8. The quantitative estimate of drug-likeness (QED) is 0.250. The maximum absolute atomic E-state index is 13.3. The number of aromatic nitrogens is 1. The lowest BCUT2D eigenvalue weighted by atomic mass is 9.98. The number of hydrogen-bond acceptors (Lipinski definition) is 4. The van der Waals surface area contributed by atoms with E-state index in [2.05, 4.69) is 10.3 Å². The molecule has 0 unspecified atom stereocenters. The van der Waals surface area contributed by atoms with Gasteiger partial charge in [-0.1, -0.05) is 35.9 Å². The molecule has 6 nitrogen and oxygen atoms in total. The van der Waals surface area contributed by atoms with Crippen molar-refractivity contribution >= 4 is 34.4 Å². The molecule has 8 heteroatoms.